The highest BCUT2D eigenvalue weighted by molar-refractivity contribution is 9.10. The second kappa shape index (κ2) is 9.55. The van der Waals surface area contributed by atoms with Crippen LogP contribution in [0.15, 0.2) is 89.0 Å². The molecule has 0 saturated carbocycles. The Bertz CT molecular complexity index is 1210. The van der Waals surface area contributed by atoms with Gasteiger partial charge in [-0.05, 0) is 86.1 Å². The minimum absolute atomic E-state index is 0.0875. The topological polar surface area (TPSA) is 43.3 Å². The van der Waals surface area contributed by atoms with E-state index in [9.17, 15) is 0 Å². The molecule has 0 spiro atoms. The predicted octanol–water partition coefficient (Wildman–Crippen LogP) is 7.04. The molecule has 0 amide bonds. The quantitative estimate of drug-likeness (QED) is 0.314. The summed E-state index contributed by atoms with van der Waals surface area (Å²) in [5, 5.41) is 7.14. The molecule has 5 rings (SSSR count). The first-order valence-corrected chi connectivity index (χ1v) is 12.2. The molecule has 34 heavy (non-hydrogen) atoms. The van der Waals surface area contributed by atoms with Crippen molar-refractivity contribution >= 4 is 21.6 Å². The van der Waals surface area contributed by atoms with E-state index in [1.165, 1.54) is 0 Å². The number of benzene rings is 3. The molecule has 2 heterocycles. The van der Waals surface area contributed by atoms with Gasteiger partial charge in [-0.25, -0.2) is 5.01 Å². The third-order valence-electron chi connectivity index (χ3n) is 5.84. The summed E-state index contributed by atoms with van der Waals surface area (Å²) in [7, 11) is 0. The number of ether oxygens (including phenoxy) is 3. The Hall–Kier alpha value is -3.25. The lowest BCUT2D eigenvalue weighted by Gasteiger charge is -2.38. The van der Waals surface area contributed by atoms with Crippen LogP contribution in [0.2, 0.25) is 0 Å². The number of hydrogen-bond acceptors (Lipinski definition) is 5. The highest BCUT2D eigenvalue weighted by Gasteiger charge is 2.41. The highest BCUT2D eigenvalue weighted by Crippen LogP contribution is 2.48. The van der Waals surface area contributed by atoms with E-state index in [-0.39, 0.29) is 18.4 Å². The monoisotopic (exact) mass is 518 g/mol. The van der Waals surface area contributed by atoms with Crippen molar-refractivity contribution in [3.8, 4) is 17.2 Å². The summed E-state index contributed by atoms with van der Waals surface area (Å²) in [5.41, 5.74) is 4.28. The van der Waals surface area contributed by atoms with Crippen LogP contribution < -0.4 is 14.2 Å². The fourth-order valence-electron chi connectivity index (χ4n) is 4.33. The first-order chi connectivity index (χ1) is 16.5. The average molecular weight is 519 g/mol. The Morgan fingerprint density at radius 1 is 1.09 bits per heavy atom. The third kappa shape index (κ3) is 4.55. The van der Waals surface area contributed by atoms with Gasteiger partial charge in [-0.3, -0.25) is 0 Å². The summed E-state index contributed by atoms with van der Waals surface area (Å²) < 4.78 is 19.0. The van der Waals surface area contributed by atoms with Crippen molar-refractivity contribution in [2.45, 2.75) is 38.6 Å². The Morgan fingerprint density at radius 3 is 2.53 bits per heavy atom. The van der Waals surface area contributed by atoms with Crippen LogP contribution in [0, 0.1) is 0 Å². The molecule has 3 aromatic carbocycles. The molecule has 174 valence electrons. The number of hydrogen-bond donors (Lipinski definition) is 0. The number of halogens is 1. The van der Waals surface area contributed by atoms with Gasteiger partial charge in [-0.2, -0.15) is 5.10 Å². The molecule has 0 radical (unpaired) electrons. The second-order valence-corrected chi connectivity index (χ2v) is 9.57. The molecule has 0 aliphatic carbocycles. The fourth-order valence-corrected chi connectivity index (χ4v) is 4.71. The summed E-state index contributed by atoms with van der Waals surface area (Å²) in [6, 6.07) is 22.4. The van der Waals surface area contributed by atoms with Gasteiger partial charge in [0.25, 0.3) is 0 Å². The Labute approximate surface area is 208 Å². The lowest BCUT2D eigenvalue weighted by atomic mass is 9.96. The Balaban J connectivity index is 1.47. The van der Waals surface area contributed by atoms with Gasteiger partial charge in [-0.1, -0.05) is 28.6 Å². The van der Waals surface area contributed by atoms with Crippen LogP contribution in [0.25, 0.3) is 0 Å². The van der Waals surface area contributed by atoms with Crippen LogP contribution in [0.3, 0.4) is 0 Å². The van der Waals surface area contributed by atoms with Crippen LogP contribution in [0.1, 0.15) is 49.2 Å². The van der Waals surface area contributed by atoms with Gasteiger partial charge in [0.2, 0.25) is 6.23 Å². The summed E-state index contributed by atoms with van der Waals surface area (Å²) in [5.74, 6) is 2.56. The van der Waals surface area contributed by atoms with E-state index >= 15 is 0 Å². The number of hydrazone groups is 1. The second-order valence-electron chi connectivity index (χ2n) is 8.66. The van der Waals surface area contributed by atoms with E-state index in [4.69, 9.17) is 19.3 Å². The Morgan fingerprint density at radius 2 is 1.82 bits per heavy atom. The fraction of sp³-hybridized carbons (Fsp3) is 0.250. The standard InChI is InChI=1S/C28H27BrN2O3/c1-4-15-32-22-10-5-19(6-11-22)25-17-26-24-16-21(29)9-14-27(24)34-28(31(26)30-25)20-7-12-23(13-8-20)33-18(2)3/h4-14,16,18,26,28H,1,15,17H2,2-3H3. The van der Waals surface area contributed by atoms with E-state index in [0.717, 1.165) is 50.5 Å². The van der Waals surface area contributed by atoms with Crippen LogP contribution in [0.5, 0.6) is 17.2 Å². The molecular weight excluding hydrogens is 492 g/mol. The predicted molar refractivity (Wildman–Crippen MR) is 138 cm³/mol. The van der Waals surface area contributed by atoms with Crippen molar-refractivity contribution in [3.05, 3.63) is 101 Å². The molecule has 0 aromatic heterocycles. The number of nitrogens with zero attached hydrogens (tertiary/aromatic N) is 2. The van der Waals surface area contributed by atoms with Crippen molar-refractivity contribution in [1.29, 1.82) is 0 Å². The third-order valence-corrected chi connectivity index (χ3v) is 6.34. The summed E-state index contributed by atoms with van der Waals surface area (Å²) in [4.78, 5) is 0. The SMILES string of the molecule is C=CCOc1ccc(C2=NN3C(C2)c2cc(Br)ccc2OC3c2ccc(OC(C)C)cc2)cc1. The molecule has 6 heteroatoms. The minimum atomic E-state index is -0.320. The molecule has 2 aliphatic rings. The first kappa shape index (κ1) is 22.5. The maximum absolute atomic E-state index is 6.48. The van der Waals surface area contributed by atoms with E-state index in [0.29, 0.717) is 6.61 Å². The van der Waals surface area contributed by atoms with Crippen LogP contribution >= 0.6 is 15.9 Å². The van der Waals surface area contributed by atoms with Gasteiger partial charge in [0.15, 0.2) is 0 Å². The molecular formula is C28H27BrN2O3. The molecule has 5 nitrogen and oxygen atoms in total. The molecule has 3 aromatic rings. The molecule has 0 fully saturated rings. The van der Waals surface area contributed by atoms with Gasteiger partial charge in [0.1, 0.15) is 23.9 Å². The van der Waals surface area contributed by atoms with Crippen molar-refractivity contribution < 1.29 is 14.2 Å². The number of rotatable bonds is 7. The average Bonchev–Trinajstić information content (AvgIpc) is 3.29. The molecule has 0 N–H and O–H groups in total. The smallest absolute Gasteiger partial charge is 0.213 e. The van der Waals surface area contributed by atoms with E-state index in [1.54, 1.807) is 6.08 Å². The van der Waals surface area contributed by atoms with Crippen molar-refractivity contribution in [2.75, 3.05) is 6.61 Å². The van der Waals surface area contributed by atoms with Gasteiger partial charge in [-0.15, -0.1) is 0 Å². The normalized spacial score (nSPS) is 18.6. The molecule has 0 bridgehead atoms. The zero-order chi connectivity index (χ0) is 23.7. The van der Waals surface area contributed by atoms with Crippen LogP contribution in [-0.4, -0.2) is 23.4 Å². The zero-order valence-corrected chi connectivity index (χ0v) is 20.9. The minimum Gasteiger partial charge on any atom is -0.491 e. The molecule has 0 saturated heterocycles. The lowest BCUT2D eigenvalue weighted by molar-refractivity contribution is -0.0191. The van der Waals surface area contributed by atoms with Crippen molar-refractivity contribution in [2.24, 2.45) is 5.10 Å². The van der Waals surface area contributed by atoms with Gasteiger partial charge < -0.3 is 14.2 Å². The lowest BCUT2D eigenvalue weighted by Crippen LogP contribution is -2.33. The largest absolute Gasteiger partial charge is 0.491 e. The molecule has 2 aliphatic heterocycles. The van der Waals surface area contributed by atoms with Crippen LogP contribution in [-0.2, 0) is 0 Å². The zero-order valence-electron chi connectivity index (χ0n) is 19.3. The van der Waals surface area contributed by atoms with Gasteiger partial charge in [0.05, 0.1) is 17.9 Å². The van der Waals surface area contributed by atoms with Gasteiger partial charge >= 0.3 is 0 Å². The highest BCUT2D eigenvalue weighted by atomic mass is 79.9. The maximum Gasteiger partial charge on any atom is 0.213 e. The number of fused-ring (bicyclic) bond motifs is 3. The van der Waals surface area contributed by atoms with Gasteiger partial charge in [0, 0.05) is 22.0 Å². The summed E-state index contributed by atoms with van der Waals surface area (Å²) >= 11 is 3.62. The summed E-state index contributed by atoms with van der Waals surface area (Å²) in [6.45, 7) is 8.24. The van der Waals surface area contributed by atoms with E-state index in [2.05, 4.69) is 57.8 Å². The molecule has 2 atom stereocenters. The first-order valence-electron chi connectivity index (χ1n) is 11.4. The van der Waals surface area contributed by atoms with E-state index < -0.39 is 0 Å². The van der Waals surface area contributed by atoms with Crippen molar-refractivity contribution in [3.63, 3.8) is 0 Å². The van der Waals surface area contributed by atoms with E-state index in [1.807, 2.05) is 50.2 Å². The molecule has 2 unspecified atom stereocenters. The van der Waals surface area contributed by atoms with Crippen LogP contribution in [0.4, 0.5) is 0 Å². The van der Waals surface area contributed by atoms with Crippen molar-refractivity contribution in [1.82, 2.24) is 5.01 Å². The maximum atomic E-state index is 6.48. The Kier molecular flexibility index (Phi) is 6.33. The summed E-state index contributed by atoms with van der Waals surface area (Å²) in [6.07, 6.45) is 2.35.